The van der Waals surface area contributed by atoms with Gasteiger partial charge >= 0.3 is 0 Å². The van der Waals surface area contributed by atoms with Crippen molar-refractivity contribution >= 4 is 17.5 Å². The Bertz CT molecular complexity index is 265. The third-order valence-electron chi connectivity index (χ3n) is 1.87. The second kappa shape index (κ2) is 5.91. The lowest BCUT2D eigenvalue weighted by Crippen LogP contribution is -2.02. The summed E-state index contributed by atoms with van der Waals surface area (Å²) in [7, 11) is 0. The molecule has 0 fully saturated rings. The van der Waals surface area contributed by atoms with Crippen LogP contribution in [0, 0.1) is 5.92 Å². The molecule has 0 aliphatic carbocycles. The zero-order chi connectivity index (χ0) is 10.4. The van der Waals surface area contributed by atoms with Gasteiger partial charge in [-0.1, -0.05) is 13.8 Å². The molecular weight excluding hydrogens is 196 g/mol. The van der Waals surface area contributed by atoms with Gasteiger partial charge in [0, 0.05) is 0 Å². The Kier molecular flexibility index (Phi) is 4.80. The van der Waals surface area contributed by atoms with E-state index in [4.69, 9.17) is 4.42 Å². The van der Waals surface area contributed by atoms with Crippen LogP contribution in [-0.2, 0) is 0 Å². The van der Waals surface area contributed by atoms with Crippen molar-refractivity contribution in [1.29, 1.82) is 0 Å². The molecule has 0 spiro atoms. The van der Waals surface area contributed by atoms with Crippen LogP contribution in [-0.4, -0.2) is 17.3 Å². The van der Waals surface area contributed by atoms with E-state index in [1.165, 1.54) is 6.26 Å². The van der Waals surface area contributed by atoms with Gasteiger partial charge in [-0.05, 0) is 30.2 Å². The van der Waals surface area contributed by atoms with Crippen LogP contribution in [0.3, 0.4) is 0 Å². The first-order valence-electron chi connectivity index (χ1n) is 4.84. The molecule has 0 aliphatic heterocycles. The highest BCUT2D eigenvalue weighted by Crippen LogP contribution is 2.11. The normalized spacial score (nSPS) is 10.8. The molecule has 0 saturated heterocycles. The summed E-state index contributed by atoms with van der Waals surface area (Å²) in [6.45, 7) is 4.38. The van der Waals surface area contributed by atoms with Crippen LogP contribution in [0.4, 0.5) is 0 Å². The minimum atomic E-state index is 0.0868. The summed E-state index contributed by atoms with van der Waals surface area (Å²) in [6.07, 6.45) is 2.70. The highest BCUT2D eigenvalue weighted by molar-refractivity contribution is 7.99. The SMILES string of the molecule is CC(C)CCSCC(=O)c1ccco1. The smallest absolute Gasteiger partial charge is 0.207 e. The number of hydrogen-bond donors (Lipinski definition) is 0. The summed E-state index contributed by atoms with van der Waals surface area (Å²) in [4.78, 5) is 11.4. The maximum absolute atomic E-state index is 11.4. The molecule has 78 valence electrons. The van der Waals surface area contributed by atoms with Crippen molar-refractivity contribution in [2.75, 3.05) is 11.5 Å². The van der Waals surface area contributed by atoms with Gasteiger partial charge in [0.2, 0.25) is 5.78 Å². The number of thioether (sulfide) groups is 1. The predicted molar refractivity (Wildman–Crippen MR) is 59.8 cm³/mol. The molecule has 0 atom stereocenters. The van der Waals surface area contributed by atoms with Crippen LogP contribution in [0.15, 0.2) is 22.8 Å². The molecule has 0 amide bonds. The summed E-state index contributed by atoms with van der Waals surface area (Å²) >= 11 is 1.68. The molecular formula is C11H16O2S. The fourth-order valence-corrected chi connectivity index (χ4v) is 2.10. The largest absolute Gasteiger partial charge is 0.461 e. The third kappa shape index (κ3) is 4.01. The van der Waals surface area contributed by atoms with Gasteiger partial charge in [-0.25, -0.2) is 0 Å². The van der Waals surface area contributed by atoms with Crippen LogP contribution in [0.1, 0.15) is 30.8 Å². The fraction of sp³-hybridized carbons (Fsp3) is 0.545. The first-order valence-corrected chi connectivity index (χ1v) is 6.00. The van der Waals surface area contributed by atoms with E-state index in [0.29, 0.717) is 17.4 Å². The van der Waals surface area contributed by atoms with Crippen molar-refractivity contribution in [1.82, 2.24) is 0 Å². The second-order valence-electron chi connectivity index (χ2n) is 3.64. The zero-order valence-corrected chi connectivity index (χ0v) is 9.47. The molecule has 1 rings (SSSR count). The number of ketones is 1. The maximum Gasteiger partial charge on any atom is 0.207 e. The number of hydrogen-bond acceptors (Lipinski definition) is 3. The number of carbonyl (C=O) groups excluding carboxylic acids is 1. The van der Waals surface area contributed by atoms with E-state index >= 15 is 0 Å². The van der Waals surface area contributed by atoms with E-state index in [9.17, 15) is 4.79 Å². The van der Waals surface area contributed by atoms with E-state index in [1.807, 2.05) is 0 Å². The Morgan fingerprint density at radius 1 is 1.57 bits per heavy atom. The molecule has 0 aliphatic rings. The van der Waals surface area contributed by atoms with E-state index in [0.717, 1.165) is 12.2 Å². The first-order chi connectivity index (χ1) is 6.70. The summed E-state index contributed by atoms with van der Waals surface area (Å²) < 4.78 is 5.01. The molecule has 0 unspecified atom stereocenters. The van der Waals surface area contributed by atoms with Crippen molar-refractivity contribution in [2.45, 2.75) is 20.3 Å². The lowest BCUT2D eigenvalue weighted by molar-refractivity contribution is 0.0992. The fourth-order valence-electron chi connectivity index (χ4n) is 0.992. The Balaban J connectivity index is 2.16. The van der Waals surface area contributed by atoms with Crippen molar-refractivity contribution < 1.29 is 9.21 Å². The van der Waals surface area contributed by atoms with Gasteiger partial charge in [-0.2, -0.15) is 11.8 Å². The summed E-state index contributed by atoms with van der Waals surface area (Å²) in [5.74, 6) is 2.84. The highest BCUT2D eigenvalue weighted by Gasteiger charge is 2.07. The van der Waals surface area contributed by atoms with E-state index in [-0.39, 0.29) is 5.78 Å². The first kappa shape index (κ1) is 11.4. The Labute approximate surface area is 89.1 Å². The molecule has 0 N–H and O–H groups in total. The number of carbonyl (C=O) groups is 1. The maximum atomic E-state index is 11.4. The minimum absolute atomic E-state index is 0.0868. The quantitative estimate of drug-likeness (QED) is 0.535. The standard InChI is InChI=1S/C11H16O2S/c1-9(2)5-7-14-8-10(12)11-4-3-6-13-11/h3-4,6,9H,5,7-8H2,1-2H3. The van der Waals surface area contributed by atoms with Crippen molar-refractivity contribution in [3.05, 3.63) is 24.2 Å². The van der Waals surface area contributed by atoms with Gasteiger partial charge in [0.1, 0.15) is 0 Å². The van der Waals surface area contributed by atoms with Crippen LogP contribution >= 0.6 is 11.8 Å². The molecule has 1 heterocycles. The molecule has 1 aromatic rings. The van der Waals surface area contributed by atoms with Crippen LogP contribution in [0.5, 0.6) is 0 Å². The van der Waals surface area contributed by atoms with Gasteiger partial charge in [-0.3, -0.25) is 4.79 Å². The second-order valence-corrected chi connectivity index (χ2v) is 4.74. The Morgan fingerprint density at radius 2 is 2.36 bits per heavy atom. The van der Waals surface area contributed by atoms with Gasteiger partial charge < -0.3 is 4.42 Å². The van der Waals surface area contributed by atoms with E-state index in [2.05, 4.69) is 13.8 Å². The van der Waals surface area contributed by atoms with Crippen LogP contribution in [0.25, 0.3) is 0 Å². The summed E-state index contributed by atoms with van der Waals surface area (Å²) in [5, 5.41) is 0. The van der Waals surface area contributed by atoms with Crippen molar-refractivity contribution in [3.63, 3.8) is 0 Å². The molecule has 0 saturated carbocycles. The van der Waals surface area contributed by atoms with E-state index < -0.39 is 0 Å². The van der Waals surface area contributed by atoms with Crippen molar-refractivity contribution in [2.24, 2.45) is 5.92 Å². The van der Waals surface area contributed by atoms with Gasteiger partial charge in [-0.15, -0.1) is 0 Å². The predicted octanol–water partition coefficient (Wildman–Crippen LogP) is 3.24. The lowest BCUT2D eigenvalue weighted by Gasteiger charge is -2.02. The number of rotatable bonds is 6. The topological polar surface area (TPSA) is 30.2 Å². The zero-order valence-electron chi connectivity index (χ0n) is 8.66. The molecule has 0 radical (unpaired) electrons. The minimum Gasteiger partial charge on any atom is -0.461 e. The average molecular weight is 212 g/mol. The molecule has 0 bridgehead atoms. The number of Topliss-reactive ketones (excluding diaryl/α,β-unsaturated/α-hetero) is 1. The van der Waals surface area contributed by atoms with Crippen molar-refractivity contribution in [3.8, 4) is 0 Å². The highest BCUT2D eigenvalue weighted by atomic mass is 32.2. The molecule has 2 nitrogen and oxygen atoms in total. The monoisotopic (exact) mass is 212 g/mol. The molecule has 1 aromatic heterocycles. The van der Waals surface area contributed by atoms with Crippen LogP contribution < -0.4 is 0 Å². The third-order valence-corrected chi connectivity index (χ3v) is 2.86. The van der Waals surface area contributed by atoms with E-state index in [1.54, 1.807) is 23.9 Å². The number of furan rings is 1. The average Bonchev–Trinajstić information content (AvgIpc) is 2.64. The Morgan fingerprint density at radius 3 is 2.93 bits per heavy atom. The summed E-state index contributed by atoms with van der Waals surface area (Å²) in [6, 6.07) is 3.46. The van der Waals surface area contributed by atoms with Crippen LogP contribution in [0.2, 0.25) is 0 Å². The summed E-state index contributed by atoms with van der Waals surface area (Å²) in [5.41, 5.74) is 0. The lowest BCUT2D eigenvalue weighted by atomic mass is 10.2. The van der Waals surface area contributed by atoms with Gasteiger partial charge in [0.15, 0.2) is 5.76 Å². The molecule has 3 heteroatoms. The van der Waals surface area contributed by atoms with Gasteiger partial charge in [0.25, 0.3) is 0 Å². The van der Waals surface area contributed by atoms with Gasteiger partial charge in [0.05, 0.1) is 12.0 Å². The Hall–Kier alpha value is -0.700. The molecule has 14 heavy (non-hydrogen) atoms. The molecule has 0 aromatic carbocycles.